The van der Waals surface area contributed by atoms with E-state index in [0.717, 1.165) is 12.0 Å². The quantitative estimate of drug-likeness (QED) is 0.732. The van der Waals surface area contributed by atoms with Gasteiger partial charge in [-0.25, -0.2) is 0 Å². The summed E-state index contributed by atoms with van der Waals surface area (Å²) in [7, 11) is 2.27. The van der Waals surface area contributed by atoms with E-state index in [9.17, 15) is 0 Å². The third kappa shape index (κ3) is 3.94. The number of hydrogen-bond acceptors (Lipinski definition) is 3. The first-order valence-corrected chi connectivity index (χ1v) is 7.43. The van der Waals surface area contributed by atoms with E-state index >= 15 is 0 Å². The maximum atomic E-state index is 3.57. The van der Waals surface area contributed by atoms with Crippen LogP contribution in [0.25, 0.3) is 0 Å². The van der Waals surface area contributed by atoms with Gasteiger partial charge in [-0.3, -0.25) is 4.90 Å². The zero-order valence-electron chi connectivity index (χ0n) is 11.6. The summed E-state index contributed by atoms with van der Waals surface area (Å²) in [5.74, 6) is 0.897. The first-order valence-electron chi connectivity index (χ1n) is 7.43. The van der Waals surface area contributed by atoms with Crippen LogP contribution >= 0.6 is 0 Å². The fourth-order valence-electron chi connectivity index (χ4n) is 3.28. The van der Waals surface area contributed by atoms with Crippen molar-refractivity contribution in [2.75, 3.05) is 46.3 Å². The lowest BCUT2D eigenvalue weighted by Gasteiger charge is -2.35. The molecule has 0 bridgehead atoms. The molecular weight excluding hydrogens is 210 g/mol. The molecular formula is C14H29N3. The molecule has 0 saturated carbocycles. The van der Waals surface area contributed by atoms with Crippen molar-refractivity contribution in [2.45, 2.75) is 38.6 Å². The van der Waals surface area contributed by atoms with Gasteiger partial charge >= 0.3 is 0 Å². The summed E-state index contributed by atoms with van der Waals surface area (Å²) in [6.45, 7) is 9.90. The molecule has 1 N–H and O–H groups in total. The highest BCUT2D eigenvalue weighted by Gasteiger charge is 2.29. The van der Waals surface area contributed by atoms with Crippen LogP contribution in [0.3, 0.4) is 0 Å². The molecule has 0 spiro atoms. The van der Waals surface area contributed by atoms with Gasteiger partial charge in [-0.15, -0.1) is 0 Å². The van der Waals surface area contributed by atoms with Crippen molar-refractivity contribution < 1.29 is 0 Å². The smallest absolute Gasteiger partial charge is 0.0223 e. The highest BCUT2D eigenvalue weighted by atomic mass is 15.2. The number of nitrogens with one attached hydrogen (secondary N) is 1. The molecule has 2 heterocycles. The lowest BCUT2D eigenvalue weighted by atomic mass is 10.0. The Bertz CT molecular complexity index is 220. The topological polar surface area (TPSA) is 18.5 Å². The van der Waals surface area contributed by atoms with Crippen molar-refractivity contribution in [1.29, 1.82) is 0 Å². The zero-order valence-corrected chi connectivity index (χ0v) is 11.6. The number of likely N-dealkylation sites (N-methyl/N-ethyl adjacent to an activating group) is 1. The minimum atomic E-state index is 0.838. The molecule has 0 aliphatic carbocycles. The average Bonchev–Trinajstić information content (AvgIpc) is 2.78. The molecule has 2 saturated heterocycles. The van der Waals surface area contributed by atoms with Crippen LogP contribution in [-0.4, -0.2) is 62.2 Å². The van der Waals surface area contributed by atoms with Crippen LogP contribution in [0.1, 0.15) is 32.6 Å². The Labute approximate surface area is 107 Å². The Morgan fingerprint density at radius 3 is 2.82 bits per heavy atom. The van der Waals surface area contributed by atoms with Crippen molar-refractivity contribution >= 4 is 0 Å². The summed E-state index contributed by atoms with van der Waals surface area (Å²) in [5.41, 5.74) is 0. The maximum absolute atomic E-state index is 3.57. The molecule has 0 radical (unpaired) electrons. The van der Waals surface area contributed by atoms with E-state index in [-0.39, 0.29) is 0 Å². The number of nitrogens with zero attached hydrogens (tertiary/aromatic N) is 2. The normalized spacial score (nSPS) is 32.1. The Morgan fingerprint density at radius 2 is 2.06 bits per heavy atom. The van der Waals surface area contributed by atoms with Crippen LogP contribution < -0.4 is 5.32 Å². The van der Waals surface area contributed by atoms with Gasteiger partial charge in [-0.1, -0.05) is 6.92 Å². The zero-order chi connectivity index (χ0) is 12.1. The van der Waals surface area contributed by atoms with E-state index in [1.807, 2.05) is 0 Å². The predicted octanol–water partition coefficient (Wildman–Crippen LogP) is 1.40. The monoisotopic (exact) mass is 239 g/mol. The Balaban J connectivity index is 1.69. The number of rotatable bonds is 5. The highest BCUT2D eigenvalue weighted by molar-refractivity contribution is 4.86. The van der Waals surface area contributed by atoms with Crippen molar-refractivity contribution in [1.82, 2.24) is 15.1 Å². The van der Waals surface area contributed by atoms with E-state index in [4.69, 9.17) is 0 Å². The second-order valence-electron chi connectivity index (χ2n) is 5.91. The molecule has 100 valence electrons. The average molecular weight is 239 g/mol. The fraction of sp³-hybridized carbons (Fsp3) is 1.00. The molecule has 0 aromatic heterocycles. The van der Waals surface area contributed by atoms with Crippen LogP contribution in [0.4, 0.5) is 0 Å². The summed E-state index contributed by atoms with van der Waals surface area (Å²) in [6, 6.07) is 0.838. The molecule has 0 aromatic carbocycles. The molecule has 0 amide bonds. The van der Waals surface area contributed by atoms with Gasteiger partial charge in [0, 0.05) is 19.1 Å². The second-order valence-corrected chi connectivity index (χ2v) is 5.91. The molecule has 0 aromatic rings. The Morgan fingerprint density at radius 1 is 1.18 bits per heavy atom. The number of piperidine rings is 1. The molecule has 2 aliphatic heterocycles. The number of likely N-dealkylation sites (tertiary alicyclic amines) is 2. The Kier molecular flexibility index (Phi) is 5.26. The second kappa shape index (κ2) is 6.72. The molecule has 2 unspecified atom stereocenters. The minimum Gasteiger partial charge on any atom is -0.316 e. The first kappa shape index (κ1) is 13.3. The molecule has 2 fully saturated rings. The van der Waals surface area contributed by atoms with Crippen LogP contribution in [0.15, 0.2) is 0 Å². The van der Waals surface area contributed by atoms with E-state index < -0.39 is 0 Å². The van der Waals surface area contributed by atoms with Crippen molar-refractivity contribution in [3.05, 3.63) is 0 Å². The summed E-state index contributed by atoms with van der Waals surface area (Å²) in [6.07, 6.45) is 5.46. The van der Waals surface area contributed by atoms with Gasteiger partial charge in [0.2, 0.25) is 0 Å². The lowest BCUT2D eigenvalue weighted by molar-refractivity contribution is 0.130. The molecule has 2 aliphatic rings. The van der Waals surface area contributed by atoms with Gasteiger partial charge in [0.15, 0.2) is 0 Å². The molecule has 2 atom stereocenters. The molecule has 3 heteroatoms. The summed E-state index contributed by atoms with van der Waals surface area (Å²) < 4.78 is 0. The van der Waals surface area contributed by atoms with Crippen LogP contribution in [0.5, 0.6) is 0 Å². The Hall–Kier alpha value is -0.120. The minimum absolute atomic E-state index is 0.838. The van der Waals surface area contributed by atoms with Gasteiger partial charge in [0.25, 0.3) is 0 Å². The van der Waals surface area contributed by atoms with E-state index in [2.05, 4.69) is 29.1 Å². The van der Waals surface area contributed by atoms with E-state index in [0.29, 0.717) is 0 Å². The third-order valence-corrected chi connectivity index (χ3v) is 4.29. The largest absolute Gasteiger partial charge is 0.316 e. The van der Waals surface area contributed by atoms with Gasteiger partial charge in [0.1, 0.15) is 0 Å². The third-order valence-electron chi connectivity index (χ3n) is 4.29. The molecule has 3 nitrogen and oxygen atoms in total. The summed E-state index contributed by atoms with van der Waals surface area (Å²) >= 11 is 0. The highest BCUT2D eigenvalue weighted by Crippen LogP contribution is 2.22. The van der Waals surface area contributed by atoms with Crippen LogP contribution in [-0.2, 0) is 0 Å². The van der Waals surface area contributed by atoms with Gasteiger partial charge < -0.3 is 10.2 Å². The van der Waals surface area contributed by atoms with Crippen molar-refractivity contribution in [3.63, 3.8) is 0 Å². The first-order chi connectivity index (χ1) is 8.29. The van der Waals surface area contributed by atoms with Crippen molar-refractivity contribution in [2.24, 2.45) is 5.92 Å². The summed E-state index contributed by atoms with van der Waals surface area (Å²) in [4.78, 5) is 5.24. The SMILES string of the molecule is CCCNCC1CCN(C2CCCN(C)C2)C1. The van der Waals surface area contributed by atoms with Gasteiger partial charge in [0.05, 0.1) is 0 Å². The molecule has 2 rings (SSSR count). The fourth-order valence-corrected chi connectivity index (χ4v) is 3.28. The standard InChI is InChI=1S/C14H29N3/c1-3-7-15-10-13-6-9-17(11-13)14-5-4-8-16(2)12-14/h13-15H,3-12H2,1-2H3. The van der Waals surface area contributed by atoms with Crippen LogP contribution in [0, 0.1) is 5.92 Å². The van der Waals surface area contributed by atoms with E-state index in [1.165, 1.54) is 65.0 Å². The predicted molar refractivity (Wildman–Crippen MR) is 73.4 cm³/mol. The summed E-state index contributed by atoms with van der Waals surface area (Å²) in [5, 5.41) is 3.57. The number of hydrogen-bond donors (Lipinski definition) is 1. The maximum Gasteiger partial charge on any atom is 0.0223 e. The van der Waals surface area contributed by atoms with Crippen molar-refractivity contribution in [3.8, 4) is 0 Å². The lowest BCUT2D eigenvalue weighted by Crippen LogP contribution is -2.45. The molecule has 17 heavy (non-hydrogen) atoms. The van der Waals surface area contributed by atoms with Crippen LogP contribution in [0.2, 0.25) is 0 Å². The van der Waals surface area contributed by atoms with Gasteiger partial charge in [-0.05, 0) is 64.8 Å². The van der Waals surface area contributed by atoms with E-state index in [1.54, 1.807) is 0 Å². The van der Waals surface area contributed by atoms with Gasteiger partial charge in [-0.2, -0.15) is 0 Å².